The smallest absolute Gasteiger partial charge is 0.253 e. The fraction of sp³-hybridized carbons (Fsp3) is 0.462. The van der Waals surface area contributed by atoms with Crippen molar-refractivity contribution in [3.8, 4) is 0 Å². The molecule has 0 radical (unpaired) electrons. The molecule has 0 aliphatic rings. The van der Waals surface area contributed by atoms with Crippen molar-refractivity contribution < 1.29 is 4.79 Å². The number of benzene rings is 1. The molecule has 0 heterocycles. The molecule has 1 aromatic carbocycles. The van der Waals surface area contributed by atoms with E-state index in [2.05, 4.69) is 18.3 Å². The Balaban J connectivity index is 3.26. The van der Waals surface area contributed by atoms with E-state index in [1.807, 2.05) is 31.1 Å². The summed E-state index contributed by atoms with van der Waals surface area (Å²) in [7, 11) is 5.61. The highest BCUT2D eigenvalue weighted by Crippen LogP contribution is 2.25. The number of carbonyl (C=O) groups is 1. The number of nitrogens with zero attached hydrogens (tertiary/aromatic N) is 1. The van der Waals surface area contributed by atoms with Gasteiger partial charge >= 0.3 is 0 Å². The standard InChI is InChI=1S/C13H20N2O/c1-5-7-10-8-6-9-11(13(16)14-2)12(10)15(3)4/h6,8-9H,5,7H2,1-4H3,(H,14,16). The van der Waals surface area contributed by atoms with Crippen LogP contribution in [0.2, 0.25) is 0 Å². The molecule has 0 saturated heterocycles. The second kappa shape index (κ2) is 5.54. The molecule has 3 nitrogen and oxygen atoms in total. The van der Waals surface area contributed by atoms with Gasteiger partial charge in [-0.3, -0.25) is 4.79 Å². The Labute approximate surface area is 97.5 Å². The van der Waals surface area contributed by atoms with Gasteiger partial charge in [0.2, 0.25) is 0 Å². The Kier molecular flexibility index (Phi) is 4.35. The van der Waals surface area contributed by atoms with Gasteiger partial charge in [0.05, 0.1) is 11.3 Å². The maximum absolute atomic E-state index is 11.8. The van der Waals surface area contributed by atoms with Gasteiger partial charge in [-0.2, -0.15) is 0 Å². The molecule has 88 valence electrons. The highest BCUT2D eigenvalue weighted by molar-refractivity contribution is 6.00. The molecule has 0 unspecified atom stereocenters. The molecule has 0 saturated carbocycles. The molecule has 0 aliphatic carbocycles. The Hall–Kier alpha value is -1.51. The lowest BCUT2D eigenvalue weighted by Crippen LogP contribution is -2.23. The third-order valence-electron chi connectivity index (χ3n) is 2.56. The number of aryl methyl sites for hydroxylation is 1. The fourth-order valence-electron chi connectivity index (χ4n) is 1.91. The van der Waals surface area contributed by atoms with Crippen LogP contribution in [0.5, 0.6) is 0 Å². The molecule has 0 bridgehead atoms. The quantitative estimate of drug-likeness (QED) is 0.842. The van der Waals surface area contributed by atoms with Gasteiger partial charge in [0.1, 0.15) is 0 Å². The zero-order valence-corrected chi connectivity index (χ0v) is 10.5. The summed E-state index contributed by atoms with van der Waals surface area (Å²) in [5, 5.41) is 2.68. The van der Waals surface area contributed by atoms with Crippen LogP contribution in [-0.4, -0.2) is 27.1 Å². The van der Waals surface area contributed by atoms with Crippen LogP contribution in [0, 0.1) is 0 Å². The average molecular weight is 220 g/mol. The van der Waals surface area contributed by atoms with E-state index in [0.29, 0.717) is 0 Å². The van der Waals surface area contributed by atoms with E-state index in [1.54, 1.807) is 7.05 Å². The number of rotatable bonds is 4. The molecule has 1 amide bonds. The lowest BCUT2D eigenvalue weighted by atomic mass is 10.0. The lowest BCUT2D eigenvalue weighted by Gasteiger charge is -2.20. The maximum atomic E-state index is 11.8. The van der Waals surface area contributed by atoms with E-state index in [9.17, 15) is 4.79 Å². The van der Waals surface area contributed by atoms with Crippen LogP contribution in [0.15, 0.2) is 18.2 Å². The van der Waals surface area contributed by atoms with Gasteiger partial charge < -0.3 is 10.2 Å². The summed E-state index contributed by atoms with van der Waals surface area (Å²) in [6.07, 6.45) is 2.08. The summed E-state index contributed by atoms with van der Waals surface area (Å²) in [5.41, 5.74) is 3.01. The Morgan fingerprint density at radius 3 is 2.56 bits per heavy atom. The Bertz CT molecular complexity index is 372. The lowest BCUT2D eigenvalue weighted by molar-refractivity contribution is 0.0963. The monoisotopic (exact) mass is 220 g/mol. The summed E-state index contributed by atoms with van der Waals surface area (Å²) in [5.74, 6) is -0.0262. The van der Waals surface area contributed by atoms with E-state index in [4.69, 9.17) is 0 Å². The highest BCUT2D eigenvalue weighted by atomic mass is 16.1. The number of hydrogen-bond donors (Lipinski definition) is 1. The first-order chi connectivity index (χ1) is 7.61. The van der Waals surface area contributed by atoms with Crippen LogP contribution >= 0.6 is 0 Å². The van der Waals surface area contributed by atoms with Crippen LogP contribution < -0.4 is 10.2 Å². The van der Waals surface area contributed by atoms with Crippen LogP contribution in [0.1, 0.15) is 29.3 Å². The molecule has 1 rings (SSSR count). The minimum absolute atomic E-state index is 0.0262. The van der Waals surface area contributed by atoms with Crippen molar-refractivity contribution >= 4 is 11.6 Å². The third kappa shape index (κ3) is 2.54. The molecule has 1 aromatic rings. The molecule has 3 heteroatoms. The van der Waals surface area contributed by atoms with Crippen molar-refractivity contribution in [1.29, 1.82) is 0 Å². The van der Waals surface area contributed by atoms with Crippen molar-refractivity contribution in [2.24, 2.45) is 0 Å². The molecule has 0 aromatic heterocycles. The Morgan fingerprint density at radius 2 is 2.06 bits per heavy atom. The zero-order chi connectivity index (χ0) is 12.1. The van der Waals surface area contributed by atoms with Crippen LogP contribution in [-0.2, 0) is 6.42 Å². The van der Waals surface area contributed by atoms with Crippen LogP contribution in [0.3, 0.4) is 0 Å². The Morgan fingerprint density at radius 1 is 1.38 bits per heavy atom. The molecule has 0 atom stereocenters. The molecule has 0 fully saturated rings. The van der Waals surface area contributed by atoms with Crippen molar-refractivity contribution in [3.63, 3.8) is 0 Å². The largest absolute Gasteiger partial charge is 0.377 e. The van der Waals surface area contributed by atoms with E-state index in [1.165, 1.54) is 5.56 Å². The zero-order valence-electron chi connectivity index (χ0n) is 10.5. The van der Waals surface area contributed by atoms with Gasteiger partial charge in [-0.05, 0) is 18.1 Å². The van der Waals surface area contributed by atoms with E-state index >= 15 is 0 Å². The second-order valence-electron chi connectivity index (χ2n) is 4.04. The van der Waals surface area contributed by atoms with Crippen molar-refractivity contribution in [1.82, 2.24) is 5.32 Å². The van der Waals surface area contributed by atoms with E-state index < -0.39 is 0 Å². The fourth-order valence-corrected chi connectivity index (χ4v) is 1.91. The maximum Gasteiger partial charge on any atom is 0.253 e. The number of anilines is 1. The minimum atomic E-state index is -0.0262. The minimum Gasteiger partial charge on any atom is -0.377 e. The highest BCUT2D eigenvalue weighted by Gasteiger charge is 2.14. The van der Waals surface area contributed by atoms with Gasteiger partial charge in [0.15, 0.2) is 0 Å². The molecular weight excluding hydrogens is 200 g/mol. The van der Waals surface area contributed by atoms with Crippen molar-refractivity contribution in [3.05, 3.63) is 29.3 Å². The summed E-state index contributed by atoms with van der Waals surface area (Å²) in [6, 6.07) is 5.90. The number of hydrogen-bond acceptors (Lipinski definition) is 2. The third-order valence-corrected chi connectivity index (χ3v) is 2.56. The molecule has 0 aliphatic heterocycles. The SMILES string of the molecule is CCCc1cccc(C(=O)NC)c1N(C)C. The molecule has 16 heavy (non-hydrogen) atoms. The van der Waals surface area contributed by atoms with Crippen molar-refractivity contribution in [2.45, 2.75) is 19.8 Å². The summed E-state index contributed by atoms with van der Waals surface area (Å²) < 4.78 is 0. The number of amides is 1. The van der Waals surface area contributed by atoms with Crippen LogP contribution in [0.4, 0.5) is 5.69 Å². The summed E-state index contributed by atoms with van der Waals surface area (Å²) in [4.78, 5) is 13.8. The average Bonchev–Trinajstić information content (AvgIpc) is 2.27. The second-order valence-corrected chi connectivity index (χ2v) is 4.04. The molecule has 1 N–H and O–H groups in total. The summed E-state index contributed by atoms with van der Waals surface area (Å²) in [6.45, 7) is 2.14. The first-order valence-electron chi connectivity index (χ1n) is 5.63. The van der Waals surface area contributed by atoms with Gasteiger partial charge in [-0.25, -0.2) is 0 Å². The van der Waals surface area contributed by atoms with Gasteiger partial charge in [0, 0.05) is 21.1 Å². The topological polar surface area (TPSA) is 32.3 Å². The van der Waals surface area contributed by atoms with E-state index in [0.717, 1.165) is 24.1 Å². The van der Waals surface area contributed by atoms with Gasteiger partial charge in [-0.1, -0.05) is 25.5 Å². The first kappa shape index (κ1) is 12.6. The predicted molar refractivity (Wildman–Crippen MR) is 68.2 cm³/mol. The number of para-hydroxylation sites is 1. The van der Waals surface area contributed by atoms with Crippen LogP contribution in [0.25, 0.3) is 0 Å². The normalized spacial score (nSPS) is 10.0. The van der Waals surface area contributed by atoms with Crippen molar-refractivity contribution in [2.75, 3.05) is 26.0 Å². The summed E-state index contributed by atoms with van der Waals surface area (Å²) >= 11 is 0. The first-order valence-corrected chi connectivity index (χ1v) is 5.63. The van der Waals surface area contributed by atoms with Gasteiger partial charge in [0.25, 0.3) is 5.91 Å². The predicted octanol–water partition coefficient (Wildman–Crippen LogP) is 2.06. The number of carbonyl (C=O) groups excluding carboxylic acids is 1. The molecular formula is C13H20N2O. The van der Waals surface area contributed by atoms with E-state index in [-0.39, 0.29) is 5.91 Å². The molecule has 0 spiro atoms. The number of nitrogens with one attached hydrogen (secondary N) is 1. The van der Waals surface area contributed by atoms with Gasteiger partial charge in [-0.15, -0.1) is 0 Å².